The molecular weight excluding hydrogens is 264 g/mol. The summed E-state index contributed by atoms with van der Waals surface area (Å²) in [6.07, 6.45) is 0.836. The molecule has 6 heteroatoms. The summed E-state index contributed by atoms with van der Waals surface area (Å²) in [7, 11) is -3.79. The second-order valence-electron chi connectivity index (χ2n) is 4.71. The molecule has 0 spiro atoms. The van der Waals surface area contributed by atoms with E-state index in [9.17, 15) is 13.2 Å². The number of rotatable bonds is 5. The van der Waals surface area contributed by atoms with Crippen molar-refractivity contribution in [2.45, 2.75) is 32.1 Å². The van der Waals surface area contributed by atoms with Gasteiger partial charge in [-0.25, -0.2) is 17.9 Å². The lowest BCUT2D eigenvalue weighted by atomic mass is 10.2. The quantitative estimate of drug-likeness (QED) is 0.867. The van der Waals surface area contributed by atoms with Gasteiger partial charge < -0.3 is 5.32 Å². The van der Waals surface area contributed by atoms with Gasteiger partial charge in [0.15, 0.2) is 0 Å². The molecule has 0 saturated carbocycles. The molecule has 0 atom stereocenters. The maximum atomic E-state index is 11.9. The summed E-state index contributed by atoms with van der Waals surface area (Å²) in [6.45, 7) is 6.27. The van der Waals surface area contributed by atoms with Gasteiger partial charge in [-0.1, -0.05) is 32.9 Å². The summed E-state index contributed by atoms with van der Waals surface area (Å²) in [5.74, 6) is 0.261. The zero-order valence-corrected chi connectivity index (χ0v) is 12.3. The molecule has 1 rings (SSSR count). The summed E-state index contributed by atoms with van der Waals surface area (Å²) in [4.78, 5) is 11.5. The topological polar surface area (TPSA) is 75.3 Å². The van der Waals surface area contributed by atoms with Gasteiger partial charge in [0.25, 0.3) is 10.0 Å². The monoisotopic (exact) mass is 284 g/mol. The molecule has 0 aliphatic carbocycles. The number of amides is 2. The van der Waals surface area contributed by atoms with Crippen LogP contribution in [0.3, 0.4) is 0 Å². The Hall–Kier alpha value is -1.56. The van der Waals surface area contributed by atoms with Gasteiger partial charge in [0.05, 0.1) is 4.90 Å². The molecule has 2 amide bonds. The third-order valence-corrected chi connectivity index (χ3v) is 3.89. The third kappa shape index (κ3) is 4.90. The van der Waals surface area contributed by atoms with Gasteiger partial charge in [0.1, 0.15) is 0 Å². The highest BCUT2D eigenvalue weighted by Gasteiger charge is 2.17. The molecule has 0 unspecified atom stereocenters. The Morgan fingerprint density at radius 3 is 2.26 bits per heavy atom. The average molecular weight is 284 g/mol. The van der Waals surface area contributed by atoms with Crippen LogP contribution in [-0.4, -0.2) is 21.0 Å². The maximum absolute atomic E-state index is 11.9. The van der Waals surface area contributed by atoms with E-state index in [0.717, 1.165) is 12.0 Å². The molecule has 19 heavy (non-hydrogen) atoms. The summed E-state index contributed by atoms with van der Waals surface area (Å²) < 4.78 is 25.8. The van der Waals surface area contributed by atoms with E-state index in [4.69, 9.17) is 0 Å². The maximum Gasteiger partial charge on any atom is 0.328 e. The first kappa shape index (κ1) is 15.5. The predicted molar refractivity (Wildman–Crippen MR) is 74.4 cm³/mol. The van der Waals surface area contributed by atoms with Crippen molar-refractivity contribution in [3.05, 3.63) is 29.8 Å². The number of aryl methyl sites for hydroxylation is 1. The van der Waals surface area contributed by atoms with E-state index >= 15 is 0 Å². The van der Waals surface area contributed by atoms with Crippen molar-refractivity contribution in [2.75, 3.05) is 6.54 Å². The molecule has 0 saturated heterocycles. The molecule has 0 heterocycles. The number of hydrogen-bond acceptors (Lipinski definition) is 3. The lowest BCUT2D eigenvalue weighted by Crippen LogP contribution is -2.40. The lowest BCUT2D eigenvalue weighted by molar-refractivity contribution is 0.244. The van der Waals surface area contributed by atoms with Crippen LogP contribution in [0.25, 0.3) is 0 Å². The molecule has 1 aromatic rings. The standard InChI is InChI=1S/C13H20N2O3S/c1-4-11-5-7-12(8-6-11)19(17,18)15-13(16)14-9-10(2)3/h5-8,10H,4,9H2,1-3H3,(H2,14,15,16). The van der Waals surface area contributed by atoms with Crippen molar-refractivity contribution in [1.82, 2.24) is 10.0 Å². The smallest absolute Gasteiger partial charge is 0.328 e. The highest BCUT2D eigenvalue weighted by Crippen LogP contribution is 2.10. The Balaban J connectivity index is 2.72. The van der Waals surface area contributed by atoms with Gasteiger partial charge >= 0.3 is 6.03 Å². The molecule has 5 nitrogen and oxygen atoms in total. The van der Waals surface area contributed by atoms with Crippen LogP contribution in [0.5, 0.6) is 0 Å². The van der Waals surface area contributed by atoms with E-state index in [1.807, 2.05) is 25.5 Å². The van der Waals surface area contributed by atoms with Gasteiger partial charge in [-0.3, -0.25) is 0 Å². The molecule has 0 aliphatic heterocycles. The van der Waals surface area contributed by atoms with Crippen LogP contribution in [0.4, 0.5) is 4.79 Å². The normalized spacial score (nSPS) is 11.4. The highest BCUT2D eigenvalue weighted by molar-refractivity contribution is 7.90. The van der Waals surface area contributed by atoms with E-state index in [-0.39, 0.29) is 10.8 Å². The van der Waals surface area contributed by atoms with Crippen molar-refractivity contribution in [3.63, 3.8) is 0 Å². The lowest BCUT2D eigenvalue weighted by Gasteiger charge is -2.10. The minimum Gasteiger partial charge on any atom is -0.337 e. The van der Waals surface area contributed by atoms with Crippen LogP contribution in [0.2, 0.25) is 0 Å². The second-order valence-corrected chi connectivity index (χ2v) is 6.39. The number of sulfonamides is 1. The largest absolute Gasteiger partial charge is 0.337 e. The number of urea groups is 1. The number of hydrogen-bond donors (Lipinski definition) is 2. The van der Waals surface area contributed by atoms with Crippen LogP contribution in [0.15, 0.2) is 29.2 Å². The highest BCUT2D eigenvalue weighted by atomic mass is 32.2. The number of nitrogens with one attached hydrogen (secondary N) is 2. The summed E-state index contributed by atoms with van der Waals surface area (Å²) in [5, 5.41) is 2.50. The molecule has 0 fully saturated rings. The minimum atomic E-state index is -3.79. The van der Waals surface area contributed by atoms with E-state index in [2.05, 4.69) is 5.32 Å². The molecule has 0 aliphatic rings. The first-order valence-corrected chi connectivity index (χ1v) is 7.73. The van der Waals surface area contributed by atoms with E-state index in [1.165, 1.54) is 12.1 Å². The van der Waals surface area contributed by atoms with Gasteiger partial charge in [0.2, 0.25) is 0 Å². The first-order chi connectivity index (χ1) is 8.85. The van der Waals surface area contributed by atoms with Crippen molar-refractivity contribution in [1.29, 1.82) is 0 Å². The van der Waals surface area contributed by atoms with Gasteiger partial charge in [-0.05, 0) is 30.0 Å². The summed E-state index contributed by atoms with van der Waals surface area (Å²) >= 11 is 0. The van der Waals surface area contributed by atoms with Gasteiger partial charge in [-0.15, -0.1) is 0 Å². The fraction of sp³-hybridized carbons (Fsp3) is 0.462. The zero-order chi connectivity index (χ0) is 14.5. The van der Waals surface area contributed by atoms with E-state index < -0.39 is 16.1 Å². The minimum absolute atomic E-state index is 0.0874. The second kappa shape index (κ2) is 6.56. The predicted octanol–water partition coefficient (Wildman–Crippen LogP) is 1.89. The Morgan fingerprint density at radius 1 is 1.21 bits per heavy atom. The number of benzene rings is 1. The van der Waals surface area contributed by atoms with Crippen LogP contribution in [0.1, 0.15) is 26.3 Å². The van der Waals surface area contributed by atoms with Crippen LogP contribution < -0.4 is 10.0 Å². The molecular formula is C13H20N2O3S. The first-order valence-electron chi connectivity index (χ1n) is 6.24. The van der Waals surface area contributed by atoms with Crippen LogP contribution >= 0.6 is 0 Å². The van der Waals surface area contributed by atoms with Crippen molar-refractivity contribution in [2.24, 2.45) is 5.92 Å². The van der Waals surface area contributed by atoms with Gasteiger partial charge in [0, 0.05) is 6.54 Å². The van der Waals surface area contributed by atoms with E-state index in [1.54, 1.807) is 12.1 Å². The fourth-order valence-electron chi connectivity index (χ4n) is 1.42. The Morgan fingerprint density at radius 2 is 1.79 bits per heavy atom. The average Bonchev–Trinajstić information content (AvgIpc) is 2.36. The Labute approximate surface area is 114 Å². The molecule has 1 aromatic carbocycles. The summed E-state index contributed by atoms with van der Waals surface area (Å²) in [5.41, 5.74) is 1.04. The fourth-order valence-corrected chi connectivity index (χ4v) is 2.35. The Kier molecular flexibility index (Phi) is 5.35. The molecule has 2 N–H and O–H groups in total. The van der Waals surface area contributed by atoms with E-state index in [0.29, 0.717) is 6.54 Å². The Bertz CT molecular complexity index is 521. The van der Waals surface area contributed by atoms with Crippen molar-refractivity contribution >= 4 is 16.1 Å². The third-order valence-electron chi connectivity index (χ3n) is 2.54. The zero-order valence-electron chi connectivity index (χ0n) is 11.4. The molecule has 0 aromatic heterocycles. The molecule has 0 radical (unpaired) electrons. The molecule has 106 valence electrons. The van der Waals surface area contributed by atoms with Crippen LogP contribution in [0, 0.1) is 5.92 Å². The number of carbonyl (C=O) groups excluding carboxylic acids is 1. The van der Waals surface area contributed by atoms with Crippen molar-refractivity contribution in [3.8, 4) is 0 Å². The van der Waals surface area contributed by atoms with Crippen LogP contribution in [-0.2, 0) is 16.4 Å². The number of carbonyl (C=O) groups is 1. The molecule has 0 bridgehead atoms. The van der Waals surface area contributed by atoms with Crippen molar-refractivity contribution < 1.29 is 13.2 Å². The summed E-state index contributed by atoms with van der Waals surface area (Å²) in [6, 6.07) is 5.77. The SMILES string of the molecule is CCc1ccc(S(=O)(=O)NC(=O)NCC(C)C)cc1. The van der Waals surface area contributed by atoms with Gasteiger partial charge in [-0.2, -0.15) is 0 Å².